The van der Waals surface area contributed by atoms with Gasteiger partial charge in [-0.25, -0.2) is 9.97 Å². The SMILES string of the molecule is Cc1nc(NCC(F)(F)F)cc(C(F)(F)F)n1. The van der Waals surface area contributed by atoms with Crippen molar-refractivity contribution in [3.63, 3.8) is 0 Å². The fourth-order valence-corrected chi connectivity index (χ4v) is 0.994. The van der Waals surface area contributed by atoms with Gasteiger partial charge in [0.1, 0.15) is 23.9 Å². The summed E-state index contributed by atoms with van der Waals surface area (Å²) in [5, 5.41) is 1.76. The smallest absolute Gasteiger partial charge is 0.361 e. The average Bonchev–Trinajstić information content (AvgIpc) is 2.11. The lowest BCUT2D eigenvalue weighted by Crippen LogP contribution is -2.22. The summed E-state index contributed by atoms with van der Waals surface area (Å²) in [4.78, 5) is 6.52. The molecule has 0 bridgehead atoms. The van der Waals surface area contributed by atoms with Crippen LogP contribution in [-0.4, -0.2) is 22.7 Å². The van der Waals surface area contributed by atoms with Crippen molar-refractivity contribution >= 4 is 5.82 Å². The molecule has 0 amide bonds. The van der Waals surface area contributed by atoms with Gasteiger partial charge in [-0.05, 0) is 6.92 Å². The van der Waals surface area contributed by atoms with Gasteiger partial charge in [0.05, 0.1) is 0 Å². The molecule has 0 saturated heterocycles. The van der Waals surface area contributed by atoms with E-state index in [1.165, 1.54) is 0 Å². The number of hydrogen-bond acceptors (Lipinski definition) is 3. The second-order valence-electron chi connectivity index (χ2n) is 3.15. The van der Waals surface area contributed by atoms with E-state index in [1.807, 2.05) is 0 Å². The number of halogens is 6. The van der Waals surface area contributed by atoms with Crippen molar-refractivity contribution in [2.45, 2.75) is 19.3 Å². The first-order chi connectivity index (χ1) is 7.58. The number of anilines is 1. The molecule has 0 aliphatic heterocycles. The minimum atomic E-state index is -4.72. The molecule has 9 heteroatoms. The third kappa shape index (κ3) is 4.45. The van der Waals surface area contributed by atoms with Gasteiger partial charge in [-0.3, -0.25) is 0 Å². The zero-order chi connectivity index (χ0) is 13.3. The van der Waals surface area contributed by atoms with Crippen LogP contribution in [0.2, 0.25) is 0 Å². The lowest BCUT2D eigenvalue weighted by atomic mass is 10.3. The topological polar surface area (TPSA) is 37.8 Å². The minimum Gasteiger partial charge on any atom is -0.361 e. The zero-order valence-electron chi connectivity index (χ0n) is 8.45. The maximum atomic E-state index is 12.3. The van der Waals surface area contributed by atoms with Crippen LogP contribution in [0.15, 0.2) is 6.07 Å². The summed E-state index contributed by atoms with van der Waals surface area (Å²) in [5.74, 6) is -0.772. The minimum absolute atomic E-state index is 0.260. The number of aromatic nitrogens is 2. The van der Waals surface area contributed by atoms with Crippen molar-refractivity contribution in [2.75, 3.05) is 11.9 Å². The summed E-state index contributed by atoms with van der Waals surface area (Å²) in [6, 6.07) is 0.429. The third-order valence-electron chi connectivity index (χ3n) is 1.60. The normalized spacial score (nSPS) is 12.6. The van der Waals surface area contributed by atoms with Crippen LogP contribution < -0.4 is 5.32 Å². The fraction of sp³-hybridized carbons (Fsp3) is 0.500. The molecule has 1 aromatic heterocycles. The average molecular weight is 259 g/mol. The predicted molar refractivity (Wildman–Crippen MR) is 46.3 cm³/mol. The Morgan fingerprint density at radius 3 is 2.18 bits per heavy atom. The molecule has 0 atom stereocenters. The summed E-state index contributed by atoms with van der Waals surface area (Å²) >= 11 is 0. The van der Waals surface area contributed by atoms with Crippen LogP contribution in [0.3, 0.4) is 0 Å². The molecule has 1 aromatic rings. The van der Waals surface area contributed by atoms with Crippen molar-refractivity contribution in [3.05, 3.63) is 17.6 Å². The molecular weight excluding hydrogens is 252 g/mol. The highest BCUT2D eigenvalue weighted by atomic mass is 19.4. The monoisotopic (exact) mass is 259 g/mol. The predicted octanol–water partition coefficient (Wildman–Crippen LogP) is 2.78. The fourth-order valence-electron chi connectivity index (χ4n) is 0.994. The molecule has 0 radical (unpaired) electrons. The molecule has 0 aliphatic rings. The van der Waals surface area contributed by atoms with E-state index in [0.29, 0.717) is 6.07 Å². The van der Waals surface area contributed by atoms with Gasteiger partial charge in [-0.15, -0.1) is 0 Å². The maximum absolute atomic E-state index is 12.3. The Morgan fingerprint density at radius 2 is 1.71 bits per heavy atom. The van der Waals surface area contributed by atoms with Crippen molar-refractivity contribution < 1.29 is 26.3 Å². The number of hydrogen-bond donors (Lipinski definition) is 1. The van der Waals surface area contributed by atoms with Crippen LogP contribution in [0, 0.1) is 6.92 Å². The van der Waals surface area contributed by atoms with E-state index >= 15 is 0 Å². The maximum Gasteiger partial charge on any atom is 0.433 e. The van der Waals surface area contributed by atoms with Crippen LogP contribution in [0.4, 0.5) is 32.2 Å². The number of nitrogens with zero attached hydrogens (tertiary/aromatic N) is 2. The van der Waals surface area contributed by atoms with Crippen LogP contribution in [0.1, 0.15) is 11.5 Å². The standard InChI is InChI=1S/C8H7F6N3/c1-4-16-5(8(12,13)14)2-6(17-4)15-3-7(9,10)11/h2H,3H2,1H3,(H,15,16,17). The Bertz CT molecular complexity index is 397. The Labute approximate surface area is 91.9 Å². The molecule has 0 unspecified atom stereocenters. The van der Waals surface area contributed by atoms with E-state index in [4.69, 9.17) is 0 Å². The molecule has 3 nitrogen and oxygen atoms in total. The van der Waals surface area contributed by atoms with Crippen molar-refractivity contribution in [1.29, 1.82) is 0 Å². The van der Waals surface area contributed by atoms with Crippen LogP contribution >= 0.6 is 0 Å². The van der Waals surface area contributed by atoms with Crippen LogP contribution in [-0.2, 0) is 6.18 Å². The third-order valence-corrected chi connectivity index (χ3v) is 1.60. The Hall–Kier alpha value is -1.54. The first-order valence-corrected chi connectivity index (χ1v) is 4.31. The van der Waals surface area contributed by atoms with Gasteiger partial charge in [-0.1, -0.05) is 0 Å². The highest BCUT2D eigenvalue weighted by Crippen LogP contribution is 2.29. The molecule has 0 saturated carbocycles. The highest BCUT2D eigenvalue weighted by molar-refractivity contribution is 5.37. The van der Waals surface area contributed by atoms with E-state index < -0.39 is 30.4 Å². The van der Waals surface area contributed by atoms with Crippen molar-refractivity contribution in [2.24, 2.45) is 0 Å². The second-order valence-corrected chi connectivity index (χ2v) is 3.15. The van der Waals surface area contributed by atoms with E-state index in [0.717, 1.165) is 6.92 Å². The van der Waals surface area contributed by atoms with Gasteiger partial charge in [0.25, 0.3) is 0 Å². The van der Waals surface area contributed by atoms with Gasteiger partial charge >= 0.3 is 12.4 Å². The largest absolute Gasteiger partial charge is 0.433 e. The van der Waals surface area contributed by atoms with E-state index in [1.54, 1.807) is 5.32 Å². The highest BCUT2D eigenvalue weighted by Gasteiger charge is 2.34. The van der Waals surface area contributed by atoms with E-state index in [-0.39, 0.29) is 5.82 Å². The second kappa shape index (κ2) is 4.38. The summed E-state index contributed by atoms with van der Waals surface area (Å²) in [6.07, 6.45) is -9.25. The molecule has 1 rings (SSSR count). The molecule has 0 fully saturated rings. The number of rotatable bonds is 2. The van der Waals surface area contributed by atoms with E-state index in [9.17, 15) is 26.3 Å². The molecule has 0 spiro atoms. The van der Waals surface area contributed by atoms with E-state index in [2.05, 4.69) is 9.97 Å². The van der Waals surface area contributed by atoms with Crippen LogP contribution in [0.25, 0.3) is 0 Å². The number of nitrogens with one attached hydrogen (secondary N) is 1. The van der Waals surface area contributed by atoms with Gasteiger partial charge in [0.15, 0.2) is 0 Å². The first kappa shape index (κ1) is 13.5. The Balaban J connectivity index is 2.91. The molecule has 1 N–H and O–H groups in total. The molecule has 1 heterocycles. The number of alkyl halides is 6. The summed E-state index contributed by atoms with van der Waals surface area (Å²) in [6.45, 7) is -0.297. The Morgan fingerprint density at radius 1 is 1.12 bits per heavy atom. The molecule has 0 aliphatic carbocycles. The summed E-state index contributed by atoms with van der Waals surface area (Å²) in [5.41, 5.74) is -1.28. The van der Waals surface area contributed by atoms with Gasteiger partial charge in [0, 0.05) is 6.07 Å². The van der Waals surface area contributed by atoms with Crippen molar-refractivity contribution in [3.8, 4) is 0 Å². The lowest BCUT2D eigenvalue weighted by Gasteiger charge is -2.11. The summed E-state index contributed by atoms with van der Waals surface area (Å²) in [7, 11) is 0. The quantitative estimate of drug-likeness (QED) is 0.830. The molecule has 0 aromatic carbocycles. The lowest BCUT2D eigenvalue weighted by molar-refractivity contribution is -0.141. The Kier molecular flexibility index (Phi) is 3.48. The molecule has 17 heavy (non-hydrogen) atoms. The first-order valence-electron chi connectivity index (χ1n) is 4.31. The van der Waals surface area contributed by atoms with Crippen LogP contribution in [0.5, 0.6) is 0 Å². The summed E-state index contributed by atoms with van der Waals surface area (Å²) < 4.78 is 72.4. The van der Waals surface area contributed by atoms with Gasteiger partial charge < -0.3 is 5.32 Å². The van der Waals surface area contributed by atoms with Gasteiger partial charge in [-0.2, -0.15) is 26.3 Å². The molecular formula is C8H7F6N3. The molecule has 96 valence electrons. The van der Waals surface area contributed by atoms with Gasteiger partial charge in [0.2, 0.25) is 0 Å². The zero-order valence-corrected chi connectivity index (χ0v) is 8.45. The van der Waals surface area contributed by atoms with Crippen molar-refractivity contribution in [1.82, 2.24) is 9.97 Å². The number of aryl methyl sites for hydroxylation is 1.